The van der Waals surface area contributed by atoms with E-state index in [1.807, 2.05) is 4.90 Å². The van der Waals surface area contributed by atoms with E-state index in [-0.39, 0.29) is 17.8 Å². The number of amides is 2. The Bertz CT molecular complexity index is 826. The maximum atomic E-state index is 13.2. The zero-order valence-corrected chi connectivity index (χ0v) is 13.7. The van der Waals surface area contributed by atoms with Gasteiger partial charge in [0.05, 0.1) is 23.2 Å². The van der Waals surface area contributed by atoms with E-state index in [9.17, 15) is 14.0 Å². The Balaban J connectivity index is 1.48. The van der Waals surface area contributed by atoms with Crippen LogP contribution in [0, 0.1) is 5.82 Å². The zero-order valence-electron chi connectivity index (χ0n) is 13.7. The fourth-order valence-corrected chi connectivity index (χ4v) is 3.63. The minimum atomic E-state index is -0.509. The van der Waals surface area contributed by atoms with Crippen LogP contribution in [-0.2, 0) is 10.2 Å². The minimum absolute atomic E-state index is 0.0427. The van der Waals surface area contributed by atoms with E-state index < -0.39 is 11.3 Å². The first-order valence-electron chi connectivity index (χ1n) is 8.39. The predicted molar refractivity (Wildman–Crippen MR) is 88.3 cm³/mol. The molecule has 7 heteroatoms. The van der Waals surface area contributed by atoms with Gasteiger partial charge in [-0.1, -0.05) is 12.1 Å². The number of benzene rings is 1. The normalized spacial score (nSPS) is 21.3. The van der Waals surface area contributed by atoms with E-state index in [1.54, 1.807) is 23.0 Å². The van der Waals surface area contributed by atoms with Gasteiger partial charge in [-0.3, -0.25) is 14.3 Å². The molecule has 1 aromatic heterocycles. The van der Waals surface area contributed by atoms with Crippen LogP contribution in [0.4, 0.5) is 4.39 Å². The van der Waals surface area contributed by atoms with E-state index in [0.717, 1.165) is 24.8 Å². The zero-order chi connectivity index (χ0) is 17.6. The maximum Gasteiger partial charge on any atom is 0.251 e. The quantitative estimate of drug-likeness (QED) is 0.917. The van der Waals surface area contributed by atoms with Gasteiger partial charge in [0.25, 0.3) is 5.91 Å². The first kappa shape index (κ1) is 15.8. The standard InChI is InChI=1S/C18H19FN4O2/c19-14-3-1-13(2-4-14)18(6-7-18)17(25)22-8-5-15(11-22)23-10-12(9-21-23)16(20)24/h1-4,9-10,15H,5-8,11H2,(H2,20,24). The lowest BCUT2D eigenvalue weighted by Crippen LogP contribution is -2.38. The van der Waals surface area contributed by atoms with Gasteiger partial charge in [0.15, 0.2) is 0 Å². The lowest BCUT2D eigenvalue weighted by molar-refractivity contribution is -0.133. The number of hydrogen-bond donors (Lipinski definition) is 1. The van der Waals surface area contributed by atoms with Crippen molar-refractivity contribution in [2.45, 2.75) is 30.7 Å². The molecule has 1 aliphatic carbocycles. The van der Waals surface area contributed by atoms with Crippen LogP contribution in [0.3, 0.4) is 0 Å². The van der Waals surface area contributed by atoms with E-state index in [0.29, 0.717) is 18.7 Å². The first-order chi connectivity index (χ1) is 12.0. The van der Waals surface area contributed by atoms with Gasteiger partial charge in [-0.25, -0.2) is 4.39 Å². The number of halogens is 1. The second kappa shape index (κ2) is 5.68. The number of nitrogens with two attached hydrogens (primary N) is 1. The number of primary amides is 1. The number of nitrogens with zero attached hydrogens (tertiary/aromatic N) is 3. The van der Waals surface area contributed by atoms with Crippen molar-refractivity contribution in [2.24, 2.45) is 5.73 Å². The van der Waals surface area contributed by atoms with E-state index in [1.165, 1.54) is 18.3 Å². The van der Waals surface area contributed by atoms with Gasteiger partial charge in [0, 0.05) is 19.3 Å². The Kier molecular flexibility index (Phi) is 3.59. The highest BCUT2D eigenvalue weighted by Gasteiger charge is 2.53. The van der Waals surface area contributed by atoms with Crippen LogP contribution in [0.5, 0.6) is 0 Å². The fraction of sp³-hybridized carbons (Fsp3) is 0.389. The average Bonchev–Trinajstić information content (AvgIpc) is 3.04. The molecule has 1 saturated heterocycles. The van der Waals surface area contributed by atoms with Crippen LogP contribution in [0.2, 0.25) is 0 Å². The molecule has 2 aliphatic rings. The largest absolute Gasteiger partial charge is 0.366 e. The highest BCUT2D eigenvalue weighted by Crippen LogP contribution is 2.50. The summed E-state index contributed by atoms with van der Waals surface area (Å²) in [5, 5.41) is 4.20. The highest BCUT2D eigenvalue weighted by atomic mass is 19.1. The molecule has 2 aromatic rings. The Labute approximate surface area is 144 Å². The summed E-state index contributed by atoms with van der Waals surface area (Å²) in [6.45, 7) is 1.21. The number of rotatable bonds is 4. The van der Waals surface area contributed by atoms with Crippen molar-refractivity contribution in [3.05, 3.63) is 53.6 Å². The van der Waals surface area contributed by atoms with Gasteiger partial charge in [-0.15, -0.1) is 0 Å². The molecule has 1 atom stereocenters. The average molecular weight is 342 g/mol. The summed E-state index contributed by atoms with van der Waals surface area (Å²) in [7, 11) is 0. The summed E-state index contributed by atoms with van der Waals surface area (Å²) < 4.78 is 14.9. The maximum absolute atomic E-state index is 13.2. The van der Waals surface area contributed by atoms with Crippen LogP contribution in [0.25, 0.3) is 0 Å². The number of carbonyl (C=O) groups is 2. The summed E-state index contributed by atoms with van der Waals surface area (Å²) in [6.07, 6.45) is 5.46. The summed E-state index contributed by atoms with van der Waals surface area (Å²) in [6, 6.07) is 6.27. The highest BCUT2D eigenvalue weighted by molar-refractivity contribution is 5.92. The lowest BCUT2D eigenvalue weighted by Gasteiger charge is -2.23. The van der Waals surface area contributed by atoms with E-state index in [4.69, 9.17) is 5.73 Å². The number of likely N-dealkylation sites (tertiary alicyclic amines) is 1. The van der Waals surface area contributed by atoms with Gasteiger partial charge < -0.3 is 10.6 Å². The van der Waals surface area contributed by atoms with Crippen molar-refractivity contribution in [2.75, 3.05) is 13.1 Å². The third kappa shape index (κ3) is 2.69. The van der Waals surface area contributed by atoms with Crippen molar-refractivity contribution in [1.29, 1.82) is 0 Å². The molecule has 1 aliphatic heterocycles. The first-order valence-corrected chi connectivity index (χ1v) is 8.39. The van der Waals surface area contributed by atoms with E-state index in [2.05, 4.69) is 5.10 Å². The third-order valence-corrected chi connectivity index (χ3v) is 5.27. The number of hydrogen-bond acceptors (Lipinski definition) is 3. The molecule has 6 nitrogen and oxygen atoms in total. The second-order valence-electron chi connectivity index (χ2n) is 6.86. The van der Waals surface area contributed by atoms with Gasteiger partial charge in [0.1, 0.15) is 5.82 Å². The van der Waals surface area contributed by atoms with Gasteiger partial charge in [0.2, 0.25) is 5.91 Å². The Morgan fingerprint density at radius 1 is 1.24 bits per heavy atom. The van der Waals surface area contributed by atoms with Crippen LogP contribution in [0.15, 0.2) is 36.7 Å². The van der Waals surface area contributed by atoms with Gasteiger partial charge >= 0.3 is 0 Å². The van der Waals surface area contributed by atoms with Crippen molar-refractivity contribution in [3.63, 3.8) is 0 Å². The van der Waals surface area contributed by atoms with Crippen molar-refractivity contribution in [3.8, 4) is 0 Å². The van der Waals surface area contributed by atoms with Crippen molar-refractivity contribution >= 4 is 11.8 Å². The molecule has 0 spiro atoms. The Morgan fingerprint density at radius 3 is 2.56 bits per heavy atom. The minimum Gasteiger partial charge on any atom is -0.366 e. The topological polar surface area (TPSA) is 81.2 Å². The summed E-state index contributed by atoms with van der Waals surface area (Å²) >= 11 is 0. The fourth-order valence-electron chi connectivity index (χ4n) is 3.63. The molecule has 130 valence electrons. The predicted octanol–water partition coefficient (Wildman–Crippen LogP) is 1.63. The van der Waals surface area contributed by atoms with Crippen LogP contribution in [-0.4, -0.2) is 39.6 Å². The SMILES string of the molecule is NC(=O)c1cnn(C2CCN(C(=O)C3(c4ccc(F)cc4)CC3)C2)c1. The molecule has 25 heavy (non-hydrogen) atoms. The molecule has 2 N–H and O–H groups in total. The molecule has 0 radical (unpaired) electrons. The number of aromatic nitrogens is 2. The molecule has 4 rings (SSSR count). The summed E-state index contributed by atoms with van der Waals surface area (Å²) in [5.41, 5.74) is 6.02. The van der Waals surface area contributed by atoms with Crippen molar-refractivity contribution in [1.82, 2.24) is 14.7 Å². The van der Waals surface area contributed by atoms with Crippen molar-refractivity contribution < 1.29 is 14.0 Å². The molecular formula is C18H19FN4O2. The third-order valence-electron chi connectivity index (χ3n) is 5.27. The van der Waals surface area contributed by atoms with Crippen LogP contribution >= 0.6 is 0 Å². The Hall–Kier alpha value is -2.70. The second-order valence-corrected chi connectivity index (χ2v) is 6.86. The molecule has 2 heterocycles. The van der Waals surface area contributed by atoms with Crippen LogP contribution < -0.4 is 5.73 Å². The Morgan fingerprint density at radius 2 is 1.96 bits per heavy atom. The van der Waals surface area contributed by atoms with Crippen LogP contribution in [0.1, 0.15) is 41.2 Å². The summed E-state index contributed by atoms with van der Waals surface area (Å²) in [5.74, 6) is -0.702. The molecule has 2 fully saturated rings. The summed E-state index contributed by atoms with van der Waals surface area (Å²) in [4.78, 5) is 26.1. The molecule has 2 amide bonds. The molecule has 1 aromatic carbocycles. The molecule has 0 bridgehead atoms. The smallest absolute Gasteiger partial charge is 0.251 e. The molecular weight excluding hydrogens is 323 g/mol. The monoisotopic (exact) mass is 342 g/mol. The van der Waals surface area contributed by atoms with Gasteiger partial charge in [-0.05, 0) is 37.0 Å². The molecule has 1 unspecified atom stereocenters. The number of carbonyl (C=O) groups excluding carboxylic acids is 2. The van der Waals surface area contributed by atoms with E-state index >= 15 is 0 Å². The lowest BCUT2D eigenvalue weighted by atomic mass is 9.94. The molecule has 1 saturated carbocycles. The van der Waals surface area contributed by atoms with Gasteiger partial charge in [-0.2, -0.15) is 5.10 Å².